The number of rotatable bonds is 3. The largest absolute Gasteiger partial charge is 0.493 e. The van der Waals surface area contributed by atoms with Gasteiger partial charge < -0.3 is 10.1 Å². The number of benzene rings is 1. The van der Waals surface area contributed by atoms with Gasteiger partial charge in [-0.1, -0.05) is 17.7 Å². The second-order valence-electron chi connectivity index (χ2n) is 4.79. The van der Waals surface area contributed by atoms with Gasteiger partial charge in [0.2, 0.25) is 0 Å². The molecule has 1 unspecified atom stereocenters. The second-order valence-corrected chi connectivity index (χ2v) is 4.79. The van der Waals surface area contributed by atoms with E-state index >= 15 is 0 Å². The lowest BCUT2D eigenvalue weighted by molar-refractivity contribution is 0.217. The summed E-state index contributed by atoms with van der Waals surface area (Å²) in [5, 5.41) is 3.41. The molecule has 0 bridgehead atoms. The Bertz CT molecular complexity index is 343. The molecule has 0 saturated carbocycles. The summed E-state index contributed by atoms with van der Waals surface area (Å²) < 4.78 is 5.89. The van der Waals surface area contributed by atoms with Crippen molar-refractivity contribution in [2.75, 3.05) is 19.7 Å². The Morgan fingerprint density at radius 3 is 2.94 bits per heavy atom. The van der Waals surface area contributed by atoms with Gasteiger partial charge in [0.05, 0.1) is 6.61 Å². The Morgan fingerprint density at radius 2 is 2.25 bits per heavy atom. The lowest BCUT2D eigenvalue weighted by Crippen LogP contribution is -2.33. The maximum Gasteiger partial charge on any atom is 0.122 e. The van der Waals surface area contributed by atoms with Gasteiger partial charge in [-0.05, 0) is 44.9 Å². The predicted octanol–water partition coefficient (Wildman–Crippen LogP) is 2.68. The van der Waals surface area contributed by atoms with Crippen molar-refractivity contribution < 1.29 is 4.74 Å². The van der Waals surface area contributed by atoms with Crippen LogP contribution in [-0.4, -0.2) is 19.7 Å². The number of hydrogen-bond acceptors (Lipinski definition) is 2. The van der Waals surface area contributed by atoms with Crippen molar-refractivity contribution in [2.45, 2.75) is 26.7 Å². The second kappa shape index (κ2) is 5.35. The number of piperidine rings is 1. The van der Waals surface area contributed by atoms with Crippen LogP contribution < -0.4 is 10.1 Å². The van der Waals surface area contributed by atoms with Gasteiger partial charge in [-0.15, -0.1) is 0 Å². The molecule has 0 aliphatic carbocycles. The van der Waals surface area contributed by atoms with Crippen LogP contribution in [0.4, 0.5) is 0 Å². The molecule has 2 nitrogen and oxygen atoms in total. The van der Waals surface area contributed by atoms with Crippen molar-refractivity contribution in [2.24, 2.45) is 5.92 Å². The normalized spacial score (nSPS) is 20.8. The smallest absolute Gasteiger partial charge is 0.122 e. The quantitative estimate of drug-likeness (QED) is 0.844. The van der Waals surface area contributed by atoms with Gasteiger partial charge in [-0.2, -0.15) is 0 Å². The van der Waals surface area contributed by atoms with Crippen molar-refractivity contribution in [1.29, 1.82) is 0 Å². The van der Waals surface area contributed by atoms with E-state index in [1.54, 1.807) is 0 Å². The predicted molar refractivity (Wildman–Crippen MR) is 67.0 cm³/mol. The van der Waals surface area contributed by atoms with Crippen molar-refractivity contribution in [3.63, 3.8) is 0 Å². The molecule has 1 saturated heterocycles. The minimum absolute atomic E-state index is 0.675. The van der Waals surface area contributed by atoms with Crippen molar-refractivity contribution in [3.05, 3.63) is 29.3 Å². The SMILES string of the molecule is Cc1ccc(OCC2CCCNC2)c(C)c1. The summed E-state index contributed by atoms with van der Waals surface area (Å²) in [4.78, 5) is 0. The Morgan fingerprint density at radius 1 is 1.38 bits per heavy atom. The van der Waals surface area contributed by atoms with Crippen LogP contribution >= 0.6 is 0 Å². The first kappa shape index (κ1) is 11.5. The van der Waals surface area contributed by atoms with Gasteiger partial charge in [0, 0.05) is 12.5 Å². The summed E-state index contributed by atoms with van der Waals surface area (Å²) in [6.07, 6.45) is 2.57. The maximum atomic E-state index is 5.89. The third-order valence-electron chi connectivity index (χ3n) is 3.20. The fourth-order valence-corrected chi connectivity index (χ4v) is 2.24. The molecule has 2 rings (SSSR count). The molecule has 16 heavy (non-hydrogen) atoms. The van der Waals surface area contributed by atoms with E-state index < -0.39 is 0 Å². The summed E-state index contributed by atoms with van der Waals surface area (Å²) in [7, 11) is 0. The average Bonchev–Trinajstić information content (AvgIpc) is 2.29. The first-order chi connectivity index (χ1) is 7.75. The van der Waals surface area contributed by atoms with Gasteiger partial charge in [0.15, 0.2) is 0 Å². The highest BCUT2D eigenvalue weighted by atomic mass is 16.5. The molecular formula is C14H21NO. The molecule has 2 heteroatoms. The number of hydrogen-bond donors (Lipinski definition) is 1. The molecule has 1 aromatic carbocycles. The molecule has 1 atom stereocenters. The molecule has 88 valence electrons. The van der Waals surface area contributed by atoms with Crippen LogP contribution in [0.3, 0.4) is 0 Å². The Hall–Kier alpha value is -1.02. The van der Waals surface area contributed by atoms with E-state index in [0.717, 1.165) is 18.9 Å². The monoisotopic (exact) mass is 219 g/mol. The first-order valence-corrected chi connectivity index (χ1v) is 6.16. The molecule has 1 aliphatic rings. The molecule has 1 N–H and O–H groups in total. The highest BCUT2D eigenvalue weighted by molar-refractivity contribution is 5.35. The summed E-state index contributed by atoms with van der Waals surface area (Å²) in [6, 6.07) is 6.37. The standard InChI is InChI=1S/C14H21NO/c1-11-5-6-14(12(2)8-11)16-10-13-4-3-7-15-9-13/h5-6,8,13,15H,3-4,7,9-10H2,1-2H3. The lowest BCUT2D eigenvalue weighted by Gasteiger charge is -2.23. The van der Waals surface area contributed by atoms with Gasteiger partial charge in [-0.25, -0.2) is 0 Å². The number of aryl methyl sites for hydroxylation is 2. The van der Waals surface area contributed by atoms with Crippen LogP contribution in [0.2, 0.25) is 0 Å². The lowest BCUT2D eigenvalue weighted by atomic mass is 10.0. The minimum atomic E-state index is 0.675. The maximum absolute atomic E-state index is 5.89. The van der Waals surface area contributed by atoms with Gasteiger partial charge >= 0.3 is 0 Å². The summed E-state index contributed by atoms with van der Waals surface area (Å²) >= 11 is 0. The molecule has 0 spiro atoms. The Labute approximate surface area is 98.0 Å². The minimum Gasteiger partial charge on any atom is -0.493 e. The van der Waals surface area contributed by atoms with E-state index in [2.05, 4.69) is 37.4 Å². The van der Waals surface area contributed by atoms with E-state index in [0.29, 0.717) is 5.92 Å². The highest BCUT2D eigenvalue weighted by Crippen LogP contribution is 2.20. The third-order valence-corrected chi connectivity index (χ3v) is 3.20. The zero-order valence-electron chi connectivity index (χ0n) is 10.3. The molecule has 0 amide bonds. The van der Waals surface area contributed by atoms with E-state index in [9.17, 15) is 0 Å². The average molecular weight is 219 g/mol. The van der Waals surface area contributed by atoms with Crippen LogP contribution in [0.25, 0.3) is 0 Å². The van der Waals surface area contributed by atoms with E-state index in [4.69, 9.17) is 4.74 Å². The zero-order chi connectivity index (χ0) is 11.4. The molecule has 0 aromatic heterocycles. The topological polar surface area (TPSA) is 21.3 Å². The number of nitrogens with one attached hydrogen (secondary N) is 1. The molecule has 1 heterocycles. The fourth-order valence-electron chi connectivity index (χ4n) is 2.24. The van der Waals surface area contributed by atoms with Gasteiger partial charge in [-0.3, -0.25) is 0 Å². The fraction of sp³-hybridized carbons (Fsp3) is 0.571. The zero-order valence-corrected chi connectivity index (χ0v) is 10.3. The van der Waals surface area contributed by atoms with Crippen molar-refractivity contribution in [3.8, 4) is 5.75 Å². The summed E-state index contributed by atoms with van der Waals surface area (Å²) in [5.74, 6) is 1.71. The van der Waals surface area contributed by atoms with E-state index in [1.165, 1.54) is 30.5 Å². The summed E-state index contributed by atoms with van der Waals surface area (Å²) in [5.41, 5.74) is 2.54. The van der Waals surface area contributed by atoms with Gasteiger partial charge in [0.25, 0.3) is 0 Å². The summed E-state index contributed by atoms with van der Waals surface area (Å²) in [6.45, 7) is 7.34. The van der Waals surface area contributed by atoms with E-state index in [-0.39, 0.29) is 0 Å². The van der Waals surface area contributed by atoms with Crippen LogP contribution in [-0.2, 0) is 0 Å². The highest BCUT2D eigenvalue weighted by Gasteiger charge is 2.13. The Balaban J connectivity index is 1.88. The molecule has 1 aromatic rings. The van der Waals surface area contributed by atoms with Crippen LogP contribution in [0.1, 0.15) is 24.0 Å². The molecule has 0 radical (unpaired) electrons. The molecule has 1 fully saturated rings. The molecule has 1 aliphatic heterocycles. The van der Waals surface area contributed by atoms with Crippen molar-refractivity contribution in [1.82, 2.24) is 5.32 Å². The van der Waals surface area contributed by atoms with Crippen LogP contribution in [0, 0.1) is 19.8 Å². The van der Waals surface area contributed by atoms with Gasteiger partial charge in [0.1, 0.15) is 5.75 Å². The van der Waals surface area contributed by atoms with Crippen LogP contribution in [0.15, 0.2) is 18.2 Å². The third kappa shape index (κ3) is 2.99. The van der Waals surface area contributed by atoms with Crippen molar-refractivity contribution >= 4 is 0 Å². The van der Waals surface area contributed by atoms with E-state index in [1.807, 2.05) is 0 Å². The Kier molecular flexibility index (Phi) is 3.83. The number of ether oxygens (including phenoxy) is 1. The molecular weight excluding hydrogens is 198 g/mol. The first-order valence-electron chi connectivity index (χ1n) is 6.16. The van der Waals surface area contributed by atoms with Crippen LogP contribution in [0.5, 0.6) is 5.75 Å².